The third kappa shape index (κ3) is 2.24. The number of hydrazine groups is 1. The largest absolute Gasteiger partial charge is 0.329 e. The van der Waals surface area contributed by atoms with Gasteiger partial charge in [0.05, 0.1) is 24.7 Å². The molecule has 0 aliphatic carbocycles. The predicted molar refractivity (Wildman–Crippen MR) is 63.7 cm³/mol. The minimum Gasteiger partial charge on any atom is -0.329 e. The van der Waals surface area contributed by atoms with Crippen LogP contribution in [0.2, 0.25) is 0 Å². The highest BCUT2D eigenvalue weighted by atomic mass is 19.1. The molecule has 17 heavy (non-hydrogen) atoms. The van der Waals surface area contributed by atoms with Crippen LogP contribution in [0.1, 0.15) is 13.3 Å². The summed E-state index contributed by atoms with van der Waals surface area (Å²) in [5.74, 6) is -0.269. The smallest absolute Gasteiger partial charge is 0.243 e. The van der Waals surface area contributed by atoms with Crippen LogP contribution in [-0.4, -0.2) is 30.0 Å². The normalized spacial score (nSPS) is 20.2. The summed E-state index contributed by atoms with van der Waals surface area (Å²) in [5.41, 5.74) is 6.18. The van der Waals surface area contributed by atoms with Crippen molar-refractivity contribution < 1.29 is 9.18 Å². The fourth-order valence-corrected chi connectivity index (χ4v) is 2.17. The number of nitrogens with two attached hydrogens (primary N) is 1. The Hall–Kier alpha value is -1.62. The number of carbonyl (C=O) groups is 1. The zero-order chi connectivity index (χ0) is 12.4. The maximum atomic E-state index is 13.2. The van der Waals surface area contributed by atoms with Crippen LogP contribution in [0.3, 0.4) is 0 Å². The van der Waals surface area contributed by atoms with Crippen molar-refractivity contribution in [3.63, 3.8) is 0 Å². The Morgan fingerprint density at radius 1 is 1.53 bits per heavy atom. The van der Waals surface area contributed by atoms with Crippen LogP contribution in [0, 0.1) is 5.82 Å². The number of halogens is 1. The molecule has 1 fully saturated rings. The van der Waals surface area contributed by atoms with Crippen LogP contribution in [-0.2, 0) is 4.79 Å². The molecule has 1 saturated heterocycles. The molecule has 0 bridgehead atoms. The Kier molecular flexibility index (Phi) is 3.28. The maximum absolute atomic E-state index is 13.2. The highest BCUT2D eigenvalue weighted by Gasteiger charge is 2.34. The minimum atomic E-state index is -0.304. The lowest BCUT2D eigenvalue weighted by molar-refractivity contribution is -0.128. The highest BCUT2D eigenvalue weighted by molar-refractivity contribution is 5.82. The first-order chi connectivity index (χ1) is 8.13. The fraction of sp³-hybridized carbons (Fsp3) is 0.417. The van der Waals surface area contributed by atoms with E-state index in [-0.39, 0.29) is 17.8 Å². The van der Waals surface area contributed by atoms with Crippen molar-refractivity contribution in [2.75, 3.05) is 18.1 Å². The molecule has 92 valence electrons. The number of anilines is 1. The molecular weight excluding hydrogens is 221 g/mol. The molecule has 0 aromatic heterocycles. The molecule has 1 unspecified atom stereocenters. The van der Waals surface area contributed by atoms with Crippen molar-refractivity contribution in [1.82, 2.24) is 5.01 Å². The van der Waals surface area contributed by atoms with Gasteiger partial charge >= 0.3 is 0 Å². The molecule has 2 N–H and O–H groups in total. The Balaban J connectivity index is 2.31. The minimum absolute atomic E-state index is 0.0345. The first-order valence-electron chi connectivity index (χ1n) is 5.68. The lowest BCUT2D eigenvalue weighted by Gasteiger charge is -2.32. The van der Waals surface area contributed by atoms with Gasteiger partial charge in [-0.2, -0.15) is 0 Å². The van der Waals surface area contributed by atoms with Gasteiger partial charge in [-0.3, -0.25) is 14.8 Å². The van der Waals surface area contributed by atoms with Gasteiger partial charge in [0.25, 0.3) is 0 Å². The SMILES string of the molecule is CC1CC(=O)N(CCN)N1c1cccc(F)c1. The van der Waals surface area contributed by atoms with Gasteiger partial charge in [-0.15, -0.1) is 0 Å². The van der Waals surface area contributed by atoms with Crippen molar-refractivity contribution in [2.24, 2.45) is 5.73 Å². The van der Waals surface area contributed by atoms with Gasteiger partial charge in [0.1, 0.15) is 5.82 Å². The van der Waals surface area contributed by atoms with Crippen LogP contribution in [0.5, 0.6) is 0 Å². The molecule has 1 atom stereocenters. The molecule has 1 aliphatic heterocycles. The molecule has 5 heteroatoms. The number of carbonyl (C=O) groups excluding carboxylic acids is 1. The molecule has 1 heterocycles. The van der Waals surface area contributed by atoms with Crippen molar-refractivity contribution in [3.8, 4) is 0 Å². The lowest BCUT2D eigenvalue weighted by atomic mass is 10.2. The topological polar surface area (TPSA) is 49.6 Å². The Morgan fingerprint density at radius 3 is 2.94 bits per heavy atom. The first-order valence-corrected chi connectivity index (χ1v) is 5.68. The molecule has 4 nitrogen and oxygen atoms in total. The number of nitrogens with zero attached hydrogens (tertiary/aromatic N) is 2. The Morgan fingerprint density at radius 2 is 2.29 bits per heavy atom. The van der Waals surface area contributed by atoms with Crippen molar-refractivity contribution in [1.29, 1.82) is 0 Å². The van der Waals surface area contributed by atoms with Crippen LogP contribution >= 0.6 is 0 Å². The number of benzene rings is 1. The summed E-state index contributed by atoms with van der Waals surface area (Å²) in [7, 11) is 0. The van der Waals surface area contributed by atoms with Gasteiger partial charge in [-0.25, -0.2) is 4.39 Å². The van der Waals surface area contributed by atoms with E-state index in [1.165, 1.54) is 12.1 Å². The van der Waals surface area contributed by atoms with Gasteiger partial charge in [-0.1, -0.05) is 6.07 Å². The van der Waals surface area contributed by atoms with Crippen molar-refractivity contribution >= 4 is 11.6 Å². The van der Waals surface area contributed by atoms with Crippen LogP contribution < -0.4 is 10.7 Å². The van der Waals surface area contributed by atoms with Gasteiger partial charge in [-0.05, 0) is 25.1 Å². The van der Waals surface area contributed by atoms with Gasteiger partial charge < -0.3 is 5.73 Å². The molecule has 1 aromatic rings. The van der Waals surface area contributed by atoms with E-state index >= 15 is 0 Å². The van der Waals surface area contributed by atoms with E-state index in [0.29, 0.717) is 25.2 Å². The zero-order valence-corrected chi connectivity index (χ0v) is 9.77. The molecule has 0 spiro atoms. The molecule has 1 aromatic carbocycles. The van der Waals surface area contributed by atoms with Crippen molar-refractivity contribution in [3.05, 3.63) is 30.1 Å². The highest BCUT2D eigenvalue weighted by Crippen LogP contribution is 2.27. The van der Waals surface area contributed by atoms with Gasteiger partial charge in [0, 0.05) is 6.54 Å². The van der Waals surface area contributed by atoms with Gasteiger partial charge in [0.2, 0.25) is 5.91 Å². The average molecular weight is 237 g/mol. The summed E-state index contributed by atoms with van der Waals surface area (Å²) in [6.45, 7) is 2.79. The second-order valence-electron chi connectivity index (χ2n) is 4.18. The summed E-state index contributed by atoms with van der Waals surface area (Å²) in [4.78, 5) is 11.8. The second kappa shape index (κ2) is 4.71. The molecule has 1 aliphatic rings. The summed E-state index contributed by atoms with van der Waals surface area (Å²) in [6, 6.07) is 6.29. The number of amides is 1. The third-order valence-corrected chi connectivity index (χ3v) is 2.85. The molecule has 0 radical (unpaired) electrons. The maximum Gasteiger partial charge on any atom is 0.243 e. The van der Waals surface area contributed by atoms with E-state index in [0.717, 1.165) is 0 Å². The van der Waals surface area contributed by atoms with Gasteiger partial charge in [0.15, 0.2) is 0 Å². The monoisotopic (exact) mass is 237 g/mol. The van der Waals surface area contributed by atoms with Crippen molar-refractivity contribution in [2.45, 2.75) is 19.4 Å². The summed E-state index contributed by atoms with van der Waals surface area (Å²) in [6.07, 6.45) is 0.441. The van der Waals surface area contributed by atoms with E-state index in [4.69, 9.17) is 5.73 Å². The summed E-state index contributed by atoms with van der Waals surface area (Å²) >= 11 is 0. The quantitative estimate of drug-likeness (QED) is 0.857. The average Bonchev–Trinajstić information content (AvgIpc) is 2.54. The Labute approximate surface area is 99.8 Å². The summed E-state index contributed by atoms with van der Waals surface area (Å²) in [5, 5.41) is 3.41. The fourth-order valence-electron chi connectivity index (χ4n) is 2.17. The van der Waals surface area contributed by atoms with E-state index in [2.05, 4.69) is 0 Å². The summed E-state index contributed by atoms with van der Waals surface area (Å²) < 4.78 is 13.2. The van der Waals surface area contributed by atoms with E-state index < -0.39 is 0 Å². The van der Waals surface area contributed by atoms with E-state index in [1.807, 2.05) is 11.9 Å². The van der Waals surface area contributed by atoms with E-state index in [9.17, 15) is 9.18 Å². The standard InChI is InChI=1S/C12H16FN3O/c1-9-7-12(17)15(6-5-14)16(9)11-4-2-3-10(13)8-11/h2-4,8-9H,5-7,14H2,1H3. The molecule has 1 amide bonds. The lowest BCUT2D eigenvalue weighted by Crippen LogP contribution is -2.44. The van der Waals surface area contributed by atoms with Crippen LogP contribution in [0.25, 0.3) is 0 Å². The molecular formula is C12H16FN3O. The zero-order valence-electron chi connectivity index (χ0n) is 9.77. The number of hydrogen-bond donors (Lipinski definition) is 1. The van der Waals surface area contributed by atoms with Crippen LogP contribution in [0.15, 0.2) is 24.3 Å². The number of hydrogen-bond acceptors (Lipinski definition) is 3. The van der Waals surface area contributed by atoms with Crippen LogP contribution in [0.4, 0.5) is 10.1 Å². The number of rotatable bonds is 3. The molecule has 0 saturated carbocycles. The third-order valence-electron chi connectivity index (χ3n) is 2.85. The second-order valence-corrected chi connectivity index (χ2v) is 4.18. The first kappa shape index (κ1) is 11.9. The Bertz CT molecular complexity index is 424. The predicted octanol–water partition coefficient (Wildman–Crippen LogP) is 1.13. The van der Waals surface area contributed by atoms with E-state index in [1.54, 1.807) is 17.1 Å². The molecule has 2 rings (SSSR count).